The molecule has 3 heteroatoms. The van der Waals surface area contributed by atoms with Crippen molar-refractivity contribution in [1.29, 1.82) is 0 Å². The van der Waals surface area contributed by atoms with Crippen LogP contribution < -0.4 is 5.73 Å². The van der Waals surface area contributed by atoms with Crippen LogP contribution in [0.1, 0.15) is 24.0 Å². The van der Waals surface area contributed by atoms with Gasteiger partial charge in [0.05, 0.1) is 5.02 Å². The first-order chi connectivity index (χ1) is 9.65. The van der Waals surface area contributed by atoms with Crippen molar-refractivity contribution in [2.75, 3.05) is 0 Å². The number of hydrogen-bond donors (Lipinski definition) is 1. The molecule has 0 bridgehead atoms. The molecule has 0 aromatic heterocycles. The highest BCUT2D eigenvalue weighted by molar-refractivity contribution is 6.30. The lowest BCUT2D eigenvalue weighted by atomic mass is 10.00. The van der Waals surface area contributed by atoms with E-state index in [1.807, 2.05) is 24.3 Å². The molecule has 0 saturated carbocycles. The molecule has 0 amide bonds. The van der Waals surface area contributed by atoms with Gasteiger partial charge in [-0.05, 0) is 48.9 Å². The Bertz CT molecular complexity index is 542. The van der Waals surface area contributed by atoms with Crippen molar-refractivity contribution in [3.63, 3.8) is 0 Å². The van der Waals surface area contributed by atoms with Gasteiger partial charge in [0.2, 0.25) is 0 Å². The molecule has 2 rings (SSSR count). The van der Waals surface area contributed by atoms with Gasteiger partial charge >= 0.3 is 0 Å². The van der Waals surface area contributed by atoms with Crippen LogP contribution in [0.15, 0.2) is 48.5 Å². The molecular weight excluding hydrogens is 273 g/mol. The van der Waals surface area contributed by atoms with Crippen molar-refractivity contribution < 1.29 is 4.39 Å². The van der Waals surface area contributed by atoms with Gasteiger partial charge in [0.25, 0.3) is 0 Å². The van der Waals surface area contributed by atoms with E-state index >= 15 is 0 Å². The Hall–Kier alpha value is -1.38. The summed E-state index contributed by atoms with van der Waals surface area (Å²) in [5, 5.41) is 0.159. The van der Waals surface area contributed by atoms with Crippen molar-refractivity contribution in [2.45, 2.75) is 31.7 Å². The summed E-state index contributed by atoms with van der Waals surface area (Å²) in [6.45, 7) is 0. The Balaban J connectivity index is 1.77. The third-order valence-corrected chi connectivity index (χ3v) is 3.67. The SMILES string of the molecule is NC(CCCc1ccccc1)Cc1ccc(Cl)c(F)c1. The molecule has 20 heavy (non-hydrogen) atoms. The lowest BCUT2D eigenvalue weighted by molar-refractivity contribution is 0.575. The summed E-state index contributed by atoms with van der Waals surface area (Å²) >= 11 is 5.66. The normalized spacial score (nSPS) is 12.3. The second kappa shape index (κ2) is 7.41. The Kier molecular flexibility index (Phi) is 5.57. The molecule has 106 valence electrons. The van der Waals surface area contributed by atoms with E-state index in [9.17, 15) is 4.39 Å². The fourth-order valence-electron chi connectivity index (χ4n) is 2.28. The van der Waals surface area contributed by atoms with E-state index in [0.29, 0.717) is 6.42 Å². The number of benzene rings is 2. The van der Waals surface area contributed by atoms with Gasteiger partial charge in [0.1, 0.15) is 5.82 Å². The standard InChI is InChI=1S/C17H19ClFN/c18-16-10-9-14(12-17(16)19)11-15(20)8-4-7-13-5-2-1-3-6-13/h1-3,5-6,9-10,12,15H,4,7-8,11,20H2. The minimum absolute atomic E-state index is 0.0549. The lowest BCUT2D eigenvalue weighted by Crippen LogP contribution is -2.22. The fraction of sp³-hybridized carbons (Fsp3) is 0.294. The maximum absolute atomic E-state index is 13.3. The molecule has 0 saturated heterocycles. The Labute approximate surface area is 124 Å². The topological polar surface area (TPSA) is 26.0 Å². The van der Waals surface area contributed by atoms with E-state index in [1.165, 1.54) is 11.6 Å². The smallest absolute Gasteiger partial charge is 0.142 e. The van der Waals surface area contributed by atoms with Crippen molar-refractivity contribution in [1.82, 2.24) is 0 Å². The zero-order chi connectivity index (χ0) is 14.4. The molecule has 0 aliphatic heterocycles. The van der Waals surface area contributed by atoms with E-state index in [-0.39, 0.29) is 16.9 Å². The predicted molar refractivity (Wildman–Crippen MR) is 82.5 cm³/mol. The summed E-state index contributed by atoms with van der Waals surface area (Å²) in [5.41, 5.74) is 8.34. The second-order valence-corrected chi connectivity index (χ2v) is 5.50. The molecule has 0 fully saturated rings. The Morgan fingerprint density at radius 3 is 2.50 bits per heavy atom. The summed E-state index contributed by atoms with van der Waals surface area (Å²) in [5.74, 6) is -0.374. The summed E-state index contributed by atoms with van der Waals surface area (Å²) in [4.78, 5) is 0. The average molecular weight is 292 g/mol. The van der Waals surface area contributed by atoms with Crippen molar-refractivity contribution in [3.05, 3.63) is 70.5 Å². The predicted octanol–water partition coefficient (Wildman–Crippen LogP) is 4.37. The summed E-state index contributed by atoms with van der Waals surface area (Å²) in [7, 11) is 0. The monoisotopic (exact) mass is 291 g/mol. The van der Waals surface area contributed by atoms with Crippen LogP contribution in [0.25, 0.3) is 0 Å². The molecule has 0 radical (unpaired) electrons. The Morgan fingerprint density at radius 2 is 1.80 bits per heavy atom. The van der Waals surface area contributed by atoms with Crippen LogP contribution in [0.4, 0.5) is 4.39 Å². The van der Waals surface area contributed by atoms with E-state index in [0.717, 1.165) is 24.8 Å². The van der Waals surface area contributed by atoms with Gasteiger partial charge in [-0.25, -0.2) is 4.39 Å². The Morgan fingerprint density at radius 1 is 1.05 bits per heavy atom. The first-order valence-corrected chi connectivity index (χ1v) is 7.26. The van der Waals surface area contributed by atoms with Crippen LogP contribution in [0.3, 0.4) is 0 Å². The molecule has 2 aromatic rings. The van der Waals surface area contributed by atoms with Crippen LogP contribution >= 0.6 is 11.6 Å². The van der Waals surface area contributed by atoms with Crippen LogP contribution in [0.2, 0.25) is 5.02 Å². The molecule has 1 atom stereocenters. The van der Waals surface area contributed by atoms with Gasteiger partial charge in [-0.1, -0.05) is 48.0 Å². The largest absolute Gasteiger partial charge is 0.327 e. The molecule has 0 aliphatic carbocycles. The highest BCUT2D eigenvalue weighted by Crippen LogP contribution is 2.17. The zero-order valence-corrected chi connectivity index (χ0v) is 12.1. The first-order valence-electron chi connectivity index (χ1n) is 6.88. The maximum Gasteiger partial charge on any atom is 0.142 e. The number of aryl methyl sites for hydroxylation is 1. The third kappa shape index (κ3) is 4.62. The average Bonchev–Trinajstić information content (AvgIpc) is 2.44. The molecule has 1 nitrogen and oxygen atoms in total. The summed E-state index contributed by atoms with van der Waals surface area (Å²) < 4.78 is 13.3. The number of rotatable bonds is 6. The van der Waals surface area contributed by atoms with Crippen LogP contribution in [-0.2, 0) is 12.8 Å². The van der Waals surface area contributed by atoms with Crippen molar-refractivity contribution in [3.8, 4) is 0 Å². The van der Waals surface area contributed by atoms with Gasteiger partial charge in [0, 0.05) is 6.04 Å². The van der Waals surface area contributed by atoms with Crippen molar-refractivity contribution in [2.24, 2.45) is 5.73 Å². The molecule has 2 aromatic carbocycles. The van der Waals surface area contributed by atoms with E-state index in [1.54, 1.807) is 6.07 Å². The van der Waals surface area contributed by atoms with Crippen LogP contribution in [0, 0.1) is 5.82 Å². The number of hydrogen-bond acceptors (Lipinski definition) is 1. The van der Waals surface area contributed by atoms with Crippen LogP contribution in [0.5, 0.6) is 0 Å². The van der Waals surface area contributed by atoms with E-state index < -0.39 is 0 Å². The van der Waals surface area contributed by atoms with Gasteiger partial charge in [0.15, 0.2) is 0 Å². The minimum atomic E-state index is -0.374. The number of nitrogens with two attached hydrogens (primary N) is 1. The van der Waals surface area contributed by atoms with E-state index in [2.05, 4.69) is 12.1 Å². The molecule has 1 unspecified atom stereocenters. The summed E-state index contributed by atoms with van der Waals surface area (Å²) in [6.07, 6.45) is 3.69. The minimum Gasteiger partial charge on any atom is -0.327 e. The van der Waals surface area contributed by atoms with E-state index in [4.69, 9.17) is 17.3 Å². The fourth-order valence-corrected chi connectivity index (χ4v) is 2.40. The van der Waals surface area contributed by atoms with Gasteiger partial charge < -0.3 is 5.73 Å². The maximum atomic E-state index is 13.3. The molecule has 0 spiro atoms. The summed E-state index contributed by atoms with van der Waals surface area (Å²) in [6, 6.07) is 15.3. The van der Waals surface area contributed by atoms with Gasteiger partial charge in [-0.3, -0.25) is 0 Å². The second-order valence-electron chi connectivity index (χ2n) is 5.09. The van der Waals surface area contributed by atoms with Gasteiger partial charge in [-0.15, -0.1) is 0 Å². The lowest BCUT2D eigenvalue weighted by Gasteiger charge is -2.12. The molecular formula is C17H19ClFN. The third-order valence-electron chi connectivity index (χ3n) is 3.37. The van der Waals surface area contributed by atoms with Crippen molar-refractivity contribution >= 4 is 11.6 Å². The quantitative estimate of drug-likeness (QED) is 0.840. The highest BCUT2D eigenvalue weighted by atomic mass is 35.5. The highest BCUT2D eigenvalue weighted by Gasteiger charge is 2.07. The zero-order valence-electron chi connectivity index (χ0n) is 11.4. The van der Waals surface area contributed by atoms with Crippen LogP contribution in [-0.4, -0.2) is 6.04 Å². The van der Waals surface area contributed by atoms with Gasteiger partial charge in [-0.2, -0.15) is 0 Å². The number of halogens is 2. The molecule has 0 heterocycles. The molecule has 0 aliphatic rings. The molecule has 2 N–H and O–H groups in total. The first kappa shape index (κ1) is 15.0.